The Morgan fingerprint density at radius 1 is 1.19 bits per heavy atom. The molecule has 0 aliphatic carbocycles. The number of anilines is 1. The van der Waals surface area contributed by atoms with Gasteiger partial charge in [-0.3, -0.25) is 4.99 Å². The minimum Gasteiger partial charge on any atom is -0.358 e. The molecule has 4 rings (SSSR count). The van der Waals surface area contributed by atoms with Crippen LogP contribution >= 0.6 is 35.3 Å². The van der Waals surface area contributed by atoms with Gasteiger partial charge in [0.2, 0.25) is 0 Å². The SMILES string of the molecule is CCNC(=NCCc1csc(N2CCCC2)n1)NCCc1c(C)[nH]c2ccccc12.I. The van der Waals surface area contributed by atoms with E-state index in [-0.39, 0.29) is 24.0 Å². The van der Waals surface area contributed by atoms with Gasteiger partial charge < -0.3 is 20.5 Å². The van der Waals surface area contributed by atoms with Crippen LogP contribution < -0.4 is 15.5 Å². The molecule has 1 aliphatic rings. The summed E-state index contributed by atoms with van der Waals surface area (Å²) in [5.74, 6) is 0.880. The van der Waals surface area contributed by atoms with Crippen LogP contribution in [-0.2, 0) is 12.8 Å². The number of rotatable bonds is 8. The lowest BCUT2D eigenvalue weighted by Crippen LogP contribution is -2.38. The van der Waals surface area contributed by atoms with Gasteiger partial charge in [-0.15, -0.1) is 35.3 Å². The first-order valence-corrected chi connectivity index (χ1v) is 11.9. The molecule has 8 heteroatoms. The van der Waals surface area contributed by atoms with Gasteiger partial charge in [-0.05, 0) is 44.7 Å². The van der Waals surface area contributed by atoms with Crippen molar-refractivity contribution in [1.82, 2.24) is 20.6 Å². The Balaban J connectivity index is 0.00000272. The molecule has 0 spiro atoms. The standard InChI is InChI=1S/C23H32N6S.HI/c1-3-24-22(25-12-10-18-16-30-23(28-18)29-14-6-7-15-29)26-13-11-19-17(2)27-21-9-5-4-8-20(19)21;/h4-5,8-9,16,27H,3,6-7,10-15H2,1-2H3,(H2,24,25,26);1H. The number of para-hydroxylation sites is 1. The maximum Gasteiger partial charge on any atom is 0.191 e. The summed E-state index contributed by atoms with van der Waals surface area (Å²) in [6.45, 7) is 9.00. The zero-order chi connectivity index (χ0) is 20.8. The molecule has 31 heavy (non-hydrogen) atoms. The van der Waals surface area contributed by atoms with E-state index in [4.69, 9.17) is 9.98 Å². The van der Waals surface area contributed by atoms with Crippen LogP contribution in [0.15, 0.2) is 34.6 Å². The lowest BCUT2D eigenvalue weighted by Gasteiger charge is -2.12. The number of benzene rings is 1. The van der Waals surface area contributed by atoms with E-state index in [1.165, 1.54) is 40.1 Å². The number of thiazole rings is 1. The molecule has 3 aromatic rings. The molecular weight excluding hydrogens is 519 g/mol. The van der Waals surface area contributed by atoms with Gasteiger partial charge in [0.05, 0.1) is 5.69 Å². The van der Waals surface area contributed by atoms with Crippen LogP contribution in [0.4, 0.5) is 5.13 Å². The lowest BCUT2D eigenvalue weighted by molar-refractivity contribution is 0.794. The van der Waals surface area contributed by atoms with Crippen LogP contribution in [0.25, 0.3) is 10.9 Å². The third-order valence-corrected chi connectivity index (χ3v) is 6.54. The minimum absolute atomic E-state index is 0. The largest absolute Gasteiger partial charge is 0.358 e. The lowest BCUT2D eigenvalue weighted by atomic mass is 10.1. The Morgan fingerprint density at radius 3 is 2.81 bits per heavy atom. The molecule has 6 nitrogen and oxygen atoms in total. The molecule has 3 heterocycles. The van der Waals surface area contributed by atoms with Crippen LogP contribution in [-0.4, -0.2) is 48.7 Å². The second-order valence-corrected chi connectivity index (χ2v) is 8.61. The predicted octanol–water partition coefficient (Wildman–Crippen LogP) is 4.49. The third-order valence-electron chi connectivity index (χ3n) is 5.59. The molecule has 0 radical (unpaired) electrons. The first-order chi connectivity index (χ1) is 14.7. The van der Waals surface area contributed by atoms with Crippen molar-refractivity contribution in [3.05, 3.63) is 46.6 Å². The second-order valence-electron chi connectivity index (χ2n) is 7.78. The van der Waals surface area contributed by atoms with Crippen LogP contribution in [0.3, 0.4) is 0 Å². The topological polar surface area (TPSA) is 68.3 Å². The fourth-order valence-corrected chi connectivity index (χ4v) is 4.97. The Kier molecular flexibility index (Phi) is 9.01. The molecule has 0 saturated carbocycles. The first kappa shape index (κ1) is 23.8. The van der Waals surface area contributed by atoms with Crippen molar-refractivity contribution in [3.63, 3.8) is 0 Å². The van der Waals surface area contributed by atoms with Crippen molar-refractivity contribution < 1.29 is 0 Å². The number of guanidine groups is 1. The highest BCUT2D eigenvalue weighted by Crippen LogP contribution is 2.24. The number of aromatic amines is 1. The van der Waals surface area contributed by atoms with Gasteiger partial charge in [0.25, 0.3) is 0 Å². The quantitative estimate of drug-likeness (QED) is 0.219. The molecule has 1 aliphatic heterocycles. The maximum atomic E-state index is 4.80. The zero-order valence-corrected chi connectivity index (χ0v) is 21.6. The van der Waals surface area contributed by atoms with Crippen LogP contribution in [0, 0.1) is 6.92 Å². The summed E-state index contributed by atoms with van der Waals surface area (Å²) in [7, 11) is 0. The first-order valence-electron chi connectivity index (χ1n) is 11.0. The summed E-state index contributed by atoms with van der Waals surface area (Å²) in [6, 6.07) is 8.51. The molecule has 0 bridgehead atoms. The Hall–Kier alpha value is -1.81. The Labute approximate surface area is 206 Å². The van der Waals surface area contributed by atoms with E-state index in [0.717, 1.165) is 57.2 Å². The van der Waals surface area contributed by atoms with Crippen molar-refractivity contribution in [2.45, 2.75) is 39.5 Å². The second kappa shape index (κ2) is 11.7. The number of aliphatic imine (C=N–C) groups is 1. The van der Waals surface area contributed by atoms with E-state index in [9.17, 15) is 0 Å². The molecule has 168 valence electrons. The number of aromatic nitrogens is 2. The van der Waals surface area contributed by atoms with E-state index in [1.54, 1.807) is 11.3 Å². The highest BCUT2D eigenvalue weighted by Gasteiger charge is 2.15. The van der Waals surface area contributed by atoms with Gasteiger partial charge in [0.1, 0.15) is 0 Å². The molecule has 1 saturated heterocycles. The van der Waals surface area contributed by atoms with Crippen LogP contribution in [0.1, 0.15) is 36.7 Å². The molecule has 2 aromatic heterocycles. The average Bonchev–Trinajstić information content (AvgIpc) is 3.48. The van der Waals surface area contributed by atoms with Crippen molar-refractivity contribution in [2.75, 3.05) is 37.6 Å². The fraction of sp³-hybridized carbons (Fsp3) is 0.478. The monoisotopic (exact) mass is 552 g/mol. The highest BCUT2D eigenvalue weighted by molar-refractivity contribution is 14.0. The van der Waals surface area contributed by atoms with Gasteiger partial charge in [0, 0.05) is 61.1 Å². The summed E-state index contributed by atoms with van der Waals surface area (Å²) >= 11 is 1.76. The number of hydrogen-bond acceptors (Lipinski definition) is 4. The smallest absolute Gasteiger partial charge is 0.191 e. The summed E-state index contributed by atoms with van der Waals surface area (Å²) < 4.78 is 0. The van der Waals surface area contributed by atoms with Gasteiger partial charge in [-0.1, -0.05) is 18.2 Å². The predicted molar refractivity (Wildman–Crippen MR) is 143 cm³/mol. The number of aryl methyl sites for hydroxylation is 1. The summed E-state index contributed by atoms with van der Waals surface area (Å²) in [5, 5.41) is 11.5. The molecule has 1 fully saturated rings. The Morgan fingerprint density at radius 2 is 2.00 bits per heavy atom. The average molecular weight is 553 g/mol. The normalized spacial score (nSPS) is 14.1. The highest BCUT2D eigenvalue weighted by atomic mass is 127. The van der Waals surface area contributed by atoms with E-state index in [1.807, 2.05) is 0 Å². The number of nitrogens with one attached hydrogen (secondary N) is 3. The van der Waals surface area contributed by atoms with Gasteiger partial charge in [0.15, 0.2) is 11.1 Å². The van der Waals surface area contributed by atoms with E-state index in [0.29, 0.717) is 0 Å². The van der Waals surface area contributed by atoms with Crippen molar-refractivity contribution in [3.8, 4) is 0 Å². The molecule has 3 N–H and O–H groups in total. The number of fused-ring (bicyclic) bond motifs is 1. The Bertz CT molecular complexity index is 989. The molecule has 0 unspecified atom stereocenters. The molecular formula is C23H33IN6S. The van der Waals surface area contributed by atoms with E-state index < -0.39 is 0 Å². The number of hydrogen-bond donors (Lipinski definition) is 3. The van der Waals surface area contributed by atoms with E-state index in [2.05, 4.69) is 64.0 Å². The molecule has 1 aromatic carbocycles. The van der Waals surface area contributed by atoms with Crippen molar-refractivity contribution >= 4 is 57.3 Å². The third kappa shape index (κ3) is 6.12. The van der Waals surface area contributed by atoms with Crippen LogP contribution in [0.5, 0.6) is 0 Å². The maximum absolute atomic E-state index is 4.80. The van der Waals surface area contributed by atoms with Gasteiger partial charge in [-0.2, -0.15) is 0 Å². The number of nitrogens with zero attached hydrogens (tertiary/aromatic N) is 3. The zero-order valence-electron chi connectivity index (χ0n) is 18.4. The van der Waals surface area contributed by atoms with Crippen molar-refractivity contribution in [1.29, 1.82) is 0 Å². The summed E-state index contributed by atoms with van der Waals surface area (Å²) in [4.78, 5) is 15.4. The fourth-order valence-electron chi connectivity index (χ4n) is 4.05. The summed E-state index contributed by atoms with van der Waals surface area (Å²) in [6.07, 6.45) is 4.41. The minimum atomic E-state index is 0. The van der Waals surface area contributed by atoms with Gasteiger partial charge >= 0.3 is 0 Å². The molecule has 0 amide bonds. The van der Waals surface area contributed by atoms with Gasteiger partial charge in [-0.25, -0.2) is 4.98 Å². The summed E-state index contributed by atoms with van der Waals surface area (Å²) in [5.41, 5.74) is 4.99. The van der Waals surface area contributed by atoms with E-state index >= 15 is 0 Å². The number of H-pyrrole nitrogens is 1. The van der Waals surface area contributed by atoms with Crippen molar-refractivity contribution in [2.24, 2.45) is 4.99 Å². The molecule has 0 atom stereocenters. The van der Waals surface area contributed by atoms with Crippen LogP contribution in [0.2, 0.25) is 0 Å². The number of halogens is 1.